The topological polar surface area (TPSA) is 100.0 Å². The highest BCUT2D eigenvalue weighted by molar-refractivity contribution is 5.95. The van der Waals surface area contributed by atoms with E-state index in [1.54, 1.807) is 6.07 Å². The molecule has 1 aliphatic rings. The summed E-state index contributed by atoms with van der Waals surface area (Å²) in [5, 5.41) is 24.0. The number of nitrogen functional groups attached to an aromatic ring is 1. The molecule has 5 N–H and O–H groups in total. The largest absolute Gasteiger partial charge is 0.382 e. The molecule has 0 fully saturated rings. The number of nitrogens with one attached hydrogen (secondary N) is 2. The second-order valence-corrected chi connectivity index (χ2v) is 8.57. The molecule has 2 heterocycles. The minimum Gasteiger partial charge on any atom is -0.382 e. The van der Waals surface area contributed by atoms with Crippen molar-refractivity contribution in [2.45, 2.75) is 51.9 Å². The van der Waals surface area contributed by atoms with E-state index in [9.17, 15) is 5.11 Å². The molecule has 0 radical (unpaired) electrons. The van der Waals surface area contributed by atoms with Gasteiger partial charge in [0.15, 0.2) is 0 Å². The summed E-state index contributed by atoms with van der Waals surface area (Å²) in [6, 6.07) is 16.0. The highest BCUT2D eigenvalue weighted by Crippen LogP contribution is 2.33. The molecule has 1 unspecified atom stereocenters. The van der Waals surface area contributed by atoms with Gasteiger partial charge in [0.2, 0.25) is 0 Å². The van der Waals surface area contributed by atoms with Gasteiger partial charge in [0, 0.05) is 35.1 Å². The minimum absolute atomic E-state index is 0.0414. The molecule has 164 valence electrons. The van der Waals surface area contributed by atoms with Crippen LogP contribution in [-0.2, 0) is 25.9 Å². The zero-order valence-electron chi connectivity index (χ0n) is 18.4. The first-order chi connectivity index (χ1) is 15.5. The van der Waals surface area contributed by atoms with Gasteiger partial charge in [0.05, 0.1) is 5.52 Å². The van der Waals surface area contributed by atoms with Crippen LogP contribution < -0.4 is 11.1 Å². The number of nitrogens with zero attached hydrogens (tertiary/aromatic N) is 2. The number of rotatable bonds is 6. The lowest BCUT2D eigenvalue weighted by atomic mass is 9.95. The predicted octanol–water partition coefficient (Wildman–Crippen LogP) is 4.15. The molecule has 0 spiro atoms. The van der Waals surface area contributed by atoms with Gasteiger partial charge < -0.3 is 15.4 Å². The average Bonchev–Trinajstić information content (AvgIpc) is 3.14. The summed E-state index contributed by atoms with van der Waals surface area (Å²) in [6.45, 7) is 3.69. The van der Waals surface area contributed by atoms with Crippen molar-refractivity contribution in [3.63, 3.8) is 0 Å². The number of aryl methyl sites for hydroxylation is 2. The summed E-state index contributed by atoms with van der Waals surface area (Å²) >= 11 is 0. The van der Waals surface area contributed by atoms with Gasteiger partial charge in [0.1, 0.15) is 17.8 Å². The first-order valence-electron chi connectivity index (χ1n) is 11.3. The summed E-state index contributed by atoms with van der Waals surface area (Å²) < 4.78 is 2.44. The minimum atomic E-state index is -0.754. The molecule has 1 aliphatic carbocycles. The Balaban J connectivity index is 1.38. The van der Waals surface area contributed by atoms with Crippen molar-refractivity contribution < 1.29 is 5.11 Å². The Bertz CT molecular complexity index is 1320. The number of hydrogen-bond donors (Lipinski definition) is 4. The fourth-order valence-electron chi connectivity index (χ4n) is 4.94. The number of aliphatic hydroxyl groups excluding tert-OH is 1. The fourth-order valence-corrected chi connectivity index (χ4v) is 4.94. The highest BCUT2D eigenvalue weighted by Gasteiger charge is 2.20. The van der Waals surface area contributed by atoms with Crippen LogP contribution in [0.25, 0.3) is 21.8 Å². The van der Waals surface area contributed by atoms with Gasteiger partial charge in [-0.3, -0.25) is 10.7 Å². The van der Waals surface area contributed by atoms with Crippen molar-refractivity contribution in [1.29, 1.82) is 5.41 Å². The van der Waals surface area contributed by atoms with Crippen LogP contribution in [-0.4, -0.2) is 20.5 Å². The van der Waals surface area contributed by atoms with E-state index in [-0.39, 0.29) is 5.84 Å². The SMILES string of the molecule is CCn1c2c(c3cc(C(O)NCc4ccc5ccc(C(=N)N)nc5c4)ccc31)CCCC2. The third-order valence-electron chi connectivity index (χ3n) is 6.57. The van der Waals surface area contributed by atoms with Gasteiger partial charge in [-0.25, -0.2) is 4.98 Å². The molecule has 0 bridgehead atoms. The Labute approximate surface area is 187 Å². The number of aliphatic hydroxyl groups is 1. The number of amidine groups is 1. The zero-order valence-corrected chi connectivity index (χ0v) is 18.4. The number of hydrogen-bond acceptors (Lipinski definition) is 4. The Hall–Kier alpha value is -3.22. The molecule has 4 aromatic rings. The van der Waals surface area contributed by atoms with Crippen molar-refractivity contribution in [3.05, 3.63) is 76.6 Å². The van der Waals surface area contributed by atoms with Gasteiger partial charge in [-0.2, -0.15) is 0 Å². The Morgan fingerprint density at radius 3 is 2.78 bits per heavy atom. The highest BCUT2D eigenvalue weighted by atomic mass is 16.3. The quantitative estimate of drug-likeness (QED) is 0.211. The molecular formula is C26H29N5O. The van der Waals surface area contributed by atoms with Crippen LogP contribution in [0.4, 0.5) is 0 Å². The first kappa shape index (κ1) is 20.7. The standard InChI is InChI=1S/C26H29N5O/c1-2-31-23-6-4-3-5-19(23)20-14-18(10-12-24(20)31)26(32)29-15-16-7-8-17-9-11-21(25(27)28)30-22(17)13-16/h7-14,26,29,32H,2-6,15H2,1H3,(H3,27,28). The van der Waals surface area contributed by atoms with E-state index in [2.05, 4.69) is 33.9 Å². The number of pyridine rings is 1. The van der Waals surface area contributed by atoms with E-state index in [0.717, 1.165) is 41.4 Å². The first-order valence-corrected chi connectivity index (χ1v) is 11.3. The molecule has 1 atom stereocenters. The number of aromatic nitrogens is 2. The van der Waals surface area contributed by atoms with Gasteiger partial charge in [0.25, 0.3) is 0 Å². The number of benzene rings is 2. The van der Waals surface area contributed by atoms with Crippen molar-refractivity contribution in [2.24, 2.45) is 5.73 Å². The van der Waals surface area contributed by atoms with Crippen LogP contribution in [0.3, 0.4) is 0 Å². The Morgan fingerprint density at radius 1 is 1.16 bits per heavy atom. The molecule has 5 rings (SSSR count). The van der Waals surface area contributed by atoms with Crippen molar-refractivity contribution >= 4 is 27.6 Å². The Kier molecular flexibility index (Phi) is 5.41. The Morgan fingerprint density at radius 2 is 1.97 bits per heavy atom. The van der Waals surface area contributed by atoms with E-state index in [1.165, 1.54) is 35.0 Å². The molecule has 6 heteroatoms. The maximum atomic E-state index is 10.9. The predicted molar refractivity (Wildman–Crippen MR) is 129 cm³/mol. The molecule has 2 aromatic heterocycles. The molecule has 0 aliphatic heterocycles. The van der Waals surface area contributed by atoms with Gasteiger partial charge >= 0.3 is 0 Å². The van der Waals surface area contributed by atoms with E-state index in [4.69, 9.17) is 11.1 Å². The molecular weight excluding hydrogens is 398 g/mol. The van der Waals surface area contributed by atoms with Crippen LogP contribution >= 0.6 is 0 Å². The lowest BCUT2D eigenvalue weighted by molar-refractivity contribution is 0.137. The van der Waals surface area contributed by atoms with Crippen LogP contribution in [0.15, 0.2) is 48.5 Å². The van der Waals surface area contributed by atoms with Crippen LogP contribution in [0.5, 0.6) is 0 Å². The van der Waals surface area contributed by atoms with E-state index < -0.39 is 6.23 Å². The van der Waals surface area contributed by atoms with Gasteiger partial charge in [-0.15, -0.1) is 0 Å². The molecule has 0 saturated carbocycles. The van der Waals surface area contributed by atoms with Crippen molar-refractivity contribution in [1.82, 2.24) is 14.9 Å². The summed E-state index contributed by atoms with van der Waals surface area (Å²) in [5.74, 6) is -0.0414. The third kappa shape index (κ3) is 3.66. The van der Waals surface area contributed by atoms with E-state index in [0.29, 0.717) is 12.2 Å². The number of fused-ring (bicyclic) bond motifs is 4. The van der Waals surface area contributed by atoms with Crippen molar-refractivity contribution in [3.8, 4) is 0 Å². The van der Waals surface area contributed by atoms with E-state index in [1.807, 2.05) is 30.3 Å². The summed E-state index contributed by atoms with van der Waals surface area (Å²) in [5.41, 5.74) is 12.9. The normalized spacial score (nSPS) is 14.6. The van der Waals surface area contributed by atoms with Gasteiger partial charge in [-0.05, 0) is 73.6 Å². The third-order valence-corrected chi connectivity index (χ3v) is 6.57. The van der Waals surface area contributed by atoms with E-state index >= 15 is 0 Å². The second-order valence-electron chi connectivity index (χ2n) is 8.57. The molecule has 0 amide bonds. The molecule has 0 saturated heterocycles. The monoisotopic (exact) mass is 427 g/mol. The summed E-state index contributed by atoms with van der Waals surface area (Å²) in [6.07, 6.45) is 4.01. The van der Waals surface area contributed by atoms with Crippen LogP contribution in [0, 0.1) is 5.41 Å². The maximum Gasteiger partial charge on any atom is 0.141 e. The second kappa shape index (κ2) is 8.37. The maximum absolute atomic E-state index is 10.9. The lowest BCUT2D eigenvalue weighted by Gasteiger charge is -2.15. The molecule has 32 heavy (non-hydrogen) atoms. The smallest absolute Gasteiger partial charge is 0.141 e. The molecule has 2 aromatic carbocycles. The molecule has 6 nitrogen and oxygen atoms in total. The summed E-state index contributed by atoms with van der Waals surface area (Å²) in [7, 11) is 0. The fraction of sp³-hybridized carbons (Fsp3) is 0.308. The van der Waals surface area contributed by atoms with Crippen LogP contribution in [0.2, 0.25) is 0 Å². The zero-order chi connectivity index (χ0) is 22.2. The number of nitrogens with two attached hydrogens (primary N) is 1. The van der Waals surface area contributed by atoms with Gasteiger partial charge in [-0.1, -0.05) is 24.3 Å². The van der Waals surface area contributed by atoms with Crippen LogP contribution in [0.1, 0.15) is 54.1 Å². The average molecular weight is 428 g/mol. The van der Waals surface area contributed by atoms with Crippen molar-refractivity contribution in [2.75, 3.05) is 0 Å². The lowest BCUT2D eigenvalue weighted by Crippen LogP contribution is -2.20. The summed E-state index contributed by atoms with van der Waals surface area (Å²) in [4.78, 5) is 4.46.